The van der Waals surface area contributed by atoms with Gasteiger partial charge in [-0.3, -0.25) is 4.79 Å². The Morgan fingerprint density at radius 1 is 1.24 bits per heavy atom. The van der Waals surface area contributed by atoms with Crippen LogP contribution in [0, 0.1) is 0 Å². The van der Waals surface area contributed by atoms with Crippen LogP contribution in [0.25, 0.3) is 11.0 Å². The Morgan fingerprint density at radius 2 is 1.96 bits per heavy atom. The molecule has 1 atom stereocenters. The normalized spacial score (nSPS) is 12.2. The molecular weight excluding hydrogens is 386 g/mol. The van der Waals surface area contributed by atoms with Gasteiger partial charge in [-0.05, 0) is 36.4 Å². The summed E-state index contributed by atoms with van der Waals surface area (Å²) in [6.07, 6.45) is -0.734. The largest absolute Gasteiger partial charge is 0.491 e. The molecule has 3 aromatic rings. The van der Waals surface area contributed by atoms with Crippen molar-refractivity contribution in [1.82, 2.24) is 9.55 Å². The molecule has 0 saturated carbocycles. The van der Waals surface area contributed by atoms with Crippen LogP contribution in [0.2, 0.25) is 0 Å². The lowest BCUT2D eigenvalue weighted by atomic mass is 10.3. The minimum Gasteiger partial charge on any atom is -0.491 e. The number of carbonyl (C=O) groups excluding carboxylic acids is 1. The zero-order valence-electron chi connectivity index (χ0n) is 13.4. The van der Waals surface area contributed by atoms with Crippen molar-refractivity contribution in [3.05, 3.63) is 58.8 Å². The number of hydrogen-bond donors (Lipinski definition) is 2. The number of benzene rings is 2. The maximum absolute atomic E-state index is 11.3. The molecule has 1 heterocycles. The number of nitrogens with zero attached hydrogens (tertiary/aromatic N) is 2. The number of imidazole rings is 1. The summed E-state index contributed by atoms with van der Waals surface area (Å²) >= 11 is 3.36. The molecule has 1 unspecified atom stereocenters. The quantitative estimate of drug-likeness (QED) is 0.632. The number of ether oxygens (including phenoxy) is 1. The Hall–Kier alpha value is -2.38. The molecule has 0 bridgehead atoms. The molecule has 2 aromatic carbocycles. The van der Waals surface area contributed by atoms with Gasteiger partial charge >= 0.3 is 0 Å². The monoisotopic (exact) mass is 403 g/mol. The summed E-state index contributed by atoms with van der Waals surface area (Å²) in [5.41, 5.74) is 6.92. The number of hydrogen-bond acceptors (Lipinski definition) is 4. The average molecular weight is 404 g/mol. The van der Waals surface area contributed by atoms with Crippen LogP contribution in [0.4, 0.5) is 0 Å². The van der Waals surface area contributed by atoms with E-state index in [1.54, 1.807) is 0 Å². The third kappa shape index (κ3) is 4.37. The number of rotatable bonds is 7. The standard InChI is InChI=1S/C18H18BrN3O3/c19-12-5-7-14(8-6-12)25-11-13(23)10-22-16-4-2-1-3-15(16)21-18(22)9-17(20)24/h1-8,13,23H,9-11H2,(H2,20,24). The summed E-state index contributed by atoms with van der Waals surface area (Å²) in [5, 5.41) is 10.4. The van der Waals surface area contributed by atoms with Crippen LogP contribution in [0.3, 0.4) is 0 Å². The molecule has 0 saturated heterocycles. The molecule has 0 aliphatic carbocycles. The van der Waals surface area contributed by atoms with Crippen molar-refractivity contribution >= 4 is 32.9 Å². The molecule has 0 spiro atoms. The van der Waals surface area contributed by atoms with E-state index >= 15 is 0 Å². The lowest BCUT2D eigenvalue weighted by Crippen LogP contribution is -2.26. The van der Waals surface area contributed by atoms with Crippen molar-refractivity contribution in [2.45, 2.75) is 19.1 Å². The Morgan fingerprint density at radius 3 is 2.68 bits per heavy atom. The van der Waals surface area contributed by atoms with E-state index in [4.69, 9.17) is 10.5 Å². The number of para-hydroxylation sites is 2. The molecule has 0 aliphatic rings. The molecule has 7 heteroatoms. The summed E-state index contributed by atoms with van der Waals surface area (Å²) in [4.78, 5) is 15.7. The molecule has 25 heavy (non-hydrogen) atoms. The van der Waals surface area contributed by atoms with Gasteiger partial charge in [0.1, 0.15) is 24.3 Å². The first kappa shape index (κ1) is 17.4. The van der Waals surface area contributed by atoms with Gasteiger partial charge in [0.05, 0.1) is 24.0 Å². The minimum absolute atomic E-state index is 0.0228. The lowest BCUT2D eigenvalue weighted by molar-refractivity contribution is -0.117. The maximum Gasteiger partial charge on any atom is 0.225 e. The van der Waals surface area contributed by atoms with Crippen LogP contribution in [-0.2, 0) is 17.8 Å². The lowest BCUT2D eigenvalue weighted by Gasteiger charge is -2.15. The molecule has 1 amide bonds. The average Bonchev–Trinajstić information content (AvgIpc) is 2.91. The second-order valence-electron chi connectivity index (χ2n) is 5.69. The van der Waals surface area contributed by atoms with Gasteiger partial charge in [-0.15, -0.1) is 0 Å². The number of primary amides is 1. The minimum atomic E-state index is -0.757. The Bertz CT molecular complexity index is 877. The van der Waals surface area contributed by atoms with Gasteiger partial charge in [-0.25, -0.2) is 4.98 Å². The van der Waals surface area contributed by atoms with Gasteiger partial charge in [0.2, 0.25) is 5.91 Å². The third-order valence-corrected chi connectivity index (χ3v) is 4.24. The van der Waals surface area contributed by atoms with E-state index in [9.17, 15) is 9.90 Å². The van der Waals surface area contributed by atoms with Gasteiger partial charge in [0.15, 0.2) is 0 Å². The van der Waals surface area contributed by atoms with Crippen LogP contribution in [0.15, 0.2) is 53.0 Å². The second-order valence-corrected chi connectivity index (χ2v) is 6.60. The molecule has 130 valence electrons. The topological polar surface area (TPSA) is 90.4 Å². The number of nitrogens with two attached hydrogens (primary N) is 1. The molecule has 0 radical (unpaired) electrons. The zero-order valence-corrected chi connectivity index (χ0v) is 15.0. The van der Waals surface area contributed by atoms with Gasteiger partial charge in [0, 0.05) is 4.47 Å². The summed E-state index contributed by atoms with van der Waals surface area (Å²) in [7, 11) is 0. The fourth-order valence-electron chi connectivity index (χ4n) is 2.61. The van der Waals surface area contributed by atoms with E-state index in [-0.39, 0.29) is 19.6 Å². The SMILES string of the molecule is NC(=O)Cc1nc2ccccc2n1CC(O)COc1ccc(Br)cc1. The van der Waals surface area contributed by atoms with Crippen LogP contribution >= 0.6 is 15.9 Å². The highest BCUT2D eigenvalue weighted by Crippen LogP contribution is 2.19. The predicted molar refractivity (Wildman–Crippen MR) is 98.3 cm³/mol. The van der Waals surface area contributed by atoms with E-state index in [1.165, 1.54) is 0 Å². The van der Waals surface area contributed by atoms with Crippen molar-refractivity contribution in [2.24, 2.45) is 5.73 Å². The number of carbonyl (C=O) groups is 1. The first-order chi connectivity index (χ1) is 12.0. The molecular formula is C18H18BrN3O3. The molecule has 1 aromatic heterocycles. The fourth-order valence-corrected chi connectivity index (χ4v) is 2.87. The van der Waals surface area contributed by atoms with Gasteiger partial charge in [0.25, 0.3) is 0 Å². The van der Waals surface area contributed by atoms with E-state index in [0.29, 0.717) is 11.6 Å². The number of amides is 1. The molecule has 0 fully saturated rings. The van der Waals surface area contributed by atoms with Crippen molar-refractivity contribution in [2.75, 3.05) is 6.61 Å². The van der Waals surface area contributed by atoms with E-state index in [1.807, 2.05) is 53.1 Å². The number of aromatic nitrogens is 2. The van der Waals surface area contributed by atoms with Crippen molar-refractivity contribution < 1.29 is 14.6 Å². The summed E-state index contributed by atoms with van der Waals surface area (Å²) in [5.74, 6) is 0.753. The van der Waals surface area contributed by atoms with Gasteiger partial charge < -0.3 is 20.1 Å². The first-order valence-corrected chi connectivity index (χ1v) is 8.61. The van der Waals surface area contributed by atoms with Crippen LogP contribution in [0.5, 0.6) is 5.75 Å². The van der Waals surface area contributed by atoms with Gasteiger partial charge in [-0.2, -0.15) is 0 Å². The zero-order chi connectivity index (χ0) is 17.8. The van der Waals surface area contributed by atoms with Gasteiger partial charge in [-0.1, -0.05) is 28.1 Å². The highest BCUT2D eigenvalue weighted by atomic mass is 79.9. The smallest absolute Gasteiger partial charge is 0.225 e. The molecule has 0 aliphatic heterocycles. The number of aliphatic hydroxyl groups is 1. The van der Waals surface area contributed by atoms with Crippen molar-refractivity contribution in [3.63, 3.8) is 0 Å². The molecule has 3 rings (SSSR count). The number of aliphatic hydroxyl groups excluding tert-OH is 1. The van der Waals surface area contributed by atoms with Crippen LogP contribution in [0.1, 0.15) is 5.82 Å². The highest BCUT2D eigenvalue weighted by Gasteiger charge is 2.16. The summed E-state index contributed by atoms with van der Waals surface area (Å²) in [6, 6.07) is 14.9. The van der Waals surface area contributed by atoms with Crippen molar-refractivity contribution in [3.8, 4) is 5.75 Å². The van der Waals surface area contributed by atoms with E-state index < -0.39 is 12.0 Å². The molecule has 3 N–H and O–H groups in total. The Kier molecular flexibility index (Phi) is 5.35. The van der Waals surface area contributed by atoms with E-state index in [0.717, 1.165) is 15.5 Å². The predicted octanol–water partition coefficient (Wildman–Crippen LogP) is 2.27. The second kappa shape index (κ2) is 7.67. The first-order valence-electron chi connectivity index (χ1n) is 7.82. The van der Waals surface area contributed by atoms with Crippen molar-refractivity contribution in [1.29, 1.82) is 0 Å². The highest BCUT2D eigenvalue weighted by molar-refractivity contribution is 9.10. The Balaban J connectivity index is 1.74. The number of fused-ring (bicyclic) bond motifs is 1. The maximum atomic E-state index is 11.3. The fraction of sp³-hybridized carbons (Fsp3) is 0.222. The summed E-state index contributed by atoms with van der Waals surface area (Å²) in [6.45, 7) is 0.393. The summed E-state index contributed by atoms with van der Waals surface area (Å²) < 4.78 is 8.38. The van der Waals surface area contributed by atoms with Crippen LogP contribution in [-0.4, -0.2) is 33.3 Å². The Labute approximate surface area is 153 Å². The number of halogens is 1. The van der Waals surface area contributed by atoms with E-state index in [2.05, 4.69) is 20.9 Å². The third-order valence-electron chi connectivity index (χ3n) is 3.72. The molecule has 6 nitrogen and oxygen atoms in total. The van der Waals surface area contributed by atoms with Crippen LogP contribution < -0.4 is 10.5 Å².